The molecule has 0 saturated heterocycles. The van der Waals surface area contributed by atoms with E-state index in [4.69, 9.17) is 10.7 Å². The lowest BCUT2D eigenvalue weighted by Crippen LogP contribution is -2.29. The van der Waals surface area contributed by atoms with Crippen LogP contribution in [0.4, 0.5) is 9.52 Å². The second-order valence-corrected chi connectivity index (χ2v) is 8.13. The smallest absolute Gasteiger partial charge is 0.183 e. The second kappa shape index (κ2) is 8.02. The first kappa shape index (κ1) is 18.6. The van der Waals surface area contributed by atoms with Gasteiger partial charge in [0.15, 0.2) is 5.13 Å². The number of aromatic nitrogens is 1. The Labute approximate surface area is 158 Å². The van der Waals surface area contributed by atoms with Crippen molar-refractivity contribution in [3.05, 3.63) is 34.5 Å². The van der Waals surface area contributed by atoms with E-state index < -0.39 is 0 Å². The number of rotatable bonds is 3. The third-order valence-electron chi connectivity index (χ3n) is 5.38. The van der Waals surface area contributed by atoms with Gasteiger partial charge in [0.1, 0.15) is 5.82 Å². The average Bonchev–Trinajstić information content (AvgIpc) is 2.92. The Hall–Kier alpha value is -1.17. The summed E-state index contributed by atoms with van der Waals surface area (Å²) < 4.78 is 13.7. The quantitative estimate of drug-likeness (QED) is 0.803. The molecule has 4 rings (SSSR count). The van der Waals surface area contributed by atoms with Crippen LogP contribution < -0.4 is 11.1 Å². The van der Waals surface area contributed by atoms with E-state index in [2.05, 4.69) is 5.32 Å². The number of thiazole rings is 1. The zero-order valence-electron chi connectivity index (χ0n) is 14.3. The lowest BCUT2D eigenvalue weighted by molar-refractivity contribution is 0.345. The van der Waals surface area contributed by atoms with E-state index in [1.54, 1.807) is 23.5 Å². The van der Waals surface area contributed by atoms with Crippen molar-refractivity contribution in [2.75, 3.05) is 11.9 Å². The number of anilines is 1. The van der Waals surface area contributed by atoms with Gasteiger partial charge in [0.2, 0.25) is 0 Å². The number of nitrogens with two attached hydrogens (primary N) is 1. The number of hydrogen-bond donors (Lipinski definition) is 2. The number of hydrogen-bond acceptors (Lipinski definition) is 4. The summed E-state index contributed by atoms with van der Waals surface area (Å²) >= 11 is 1.75. The summed E-state index contributed by atoms with van der Waals surface area (Å²) in [6.07, 6.45) is 7.87. The normalized spacial score (nSPS) is 22.3. The first-order valence-corrected chi connectivity index (χ1v) is 9.79. The number of nitrogens with zero attached hydrogens (tertiary/aromatic N) is 1. The molecule has 1 saturated carbocycles. The molecule has 2 aromatic rings. The zero-order chi connectivity index (χ0) is 16.5. The lowest BCUT2D eigenvalue weighted by atomic mass is 9.86. The summed E-state index contributed by atoms with van der Waals surface area (Å²) in [6, 6.07) is 5.62. The molecule has 0 spiro atoms. The summed E-state index contributed by atoms with van der Waals surface area (Å²) in [5.74, 6) is 0.509. The van der Waals surface area contributed by atoms with Gasteiger partial charge >= 0.3 is 0 Å². The highest BCUT2D eigenvalue weighted by Gasteiger charge is 2.23. The predicted molar refractivity (Wildman–Crippen MR) is 105 cm³/mol. The van der Waals surface area contributed by atoms with E-state index in [0.717, 1.165) is 55.0 Å². The number of nitrogens with one attached hydrogen (secondary N) is 1. The Morgan fingerprint density at radius 3 is 2.76 bits per heavy atom. The monoisotopic (exact) mass is 381 g/mol. The number of benzene rings is 1. The van der Waals surface area contributed by atoms with Gasteiger partial charge in [0, 0.05) is 16.5 Å². The fraction of sp³-hybridized carbons (Fsp3) is 0.526. The summed E-state index contributed by atoms with van der Waals surface area (Å²) in [4.78, 5) is 6.13. The molecule has 1 fully saturated rings. The fourth-order valence-corrected chi connectivity index (χ4v) is 5.03. The van der Waals surface area contributed by atoms with Crippen molar-refractivity contribution in [1.82, 2.24) is 4.98 Å². The molecule has 0 atom stereocenters. The first-order chi connectivity index (χ1) is 11.7. The maximum atomic E-state index is 13.7. The molecule has 25 heavy (non-hydrogen) atoms. The third kappa shape index (κ3) is 3.99. The maximum absolute atomic E-state index is 13.7. The van der Waals surface area contributed by atoms with Crippen LogP contribution in [0.2, 0.25) is 0 Å². The second-order valence-electron chi connectivity index (χ2n) is 7.04. The Balaban J connectivity index is 0.00000182. The van der Waals surface area contributed by atoms with Crippen LogP contribution in [0.3, 0.4) is 0 Å². The maximum Gasteiger partial charge on any atom is 0.183 e. The summed E-state index contributed by atoms with van der Waals surface area (Å²) in [5, 5.41) is 4.62. The largest absolute Gasteiger partial charge is 0.359 e. The third-order valence-corrected chi connectivity index (χ3v) is 6.43. The molecule has 1 aromatic heterocycles. The van der Waals surface area contributed by atoms with Crippen LogP contribution in [0, 0.1) is 11.7 Å². The Morgan fingerprint density at radius 1 is 1.20 bits per heavy atom. The molecule has 3 N–H and O–H groups in total. The van der Waals surface area contributed by atoms with Gasteiger partial charge in [-0.1, -0.05) is 6.07 Å². The Morgan fingerprint density at radius 2 is 2.00 bits per heavy atom. The Kier molecular flexibility index (Phi) is 5.97. The van der Waals surface area contributed by atoms with E-state index in [1.807, 2.05) is 6.07 Å². The van der Waals surface area contributed by atoms with Crippen LogP contribution in [0.25, 0.3) is 11.3 Å². The van der Waals surface area contributed by atoms with Gasteiger partial charge in [0.05, 0.1) is 5.69 Å². The van der Waals surface area contributed by atoms with Crippen LogP contribution in [-0.2, 0) is 12.8 Å². The molecule has 2 aliphatic rings. The molecular formula is C19H25ClFN3S. The van der Waals surface area contributed by atoms with Crippen molar-refractivity contribution >= 4 is 28.9 Å². The minimum absolute atomic E-state index is 0. The molecule has 136 valence electrons. The minimum atomic E-state index is -0.177. The van der Waals surface area contributed by atoms with Gasteiger partial charge in [-0.05, 0) is 75.1 Å². The van der Waals surface area contributed by atoms with Gasteiger partial charge < -0.3 is 11.1 Å². The van der Waals surface area contributed by atoms with Crippen molar-refractivity contribution in [3.8, 4) is 11.3 Å². The number of aryl methyl sites for hydroxylation is 2. The SMILES string of the molecule is Cl.NC[C@H]1CC[C@H](Nc2nc3c(s2)CCCc2ccc(F)cc2-3)CC1. The van der Waals surface area contributed by atoms with E-state index in [1.165, 1.54) is 23.3 Å². The molecule has 3 nitrogen and oxygen atoms in total. The van der Waals surface area contributed by atoms with Gasteiger partial charge in [-0.25, -0.2) is 9.37 Å². The van der Waals surface area contributed by atoms with Crippen LogP contribution >= 0.6 is 23.7 Å². The molecule has 0 unspecified atom stereocenters. The zero-order valence-corrected chi connectivity index (χ0v) is 15.9. The molecular weight excluding hydrogens is 357 g/mol. The van der Waals surface area contributed by atoms with Crippen molar-refractivity contribution in [3.63, 3.8) is 0 Å². The van der Waals surface area contributed by atoms with Gasteiger partial charge in [0.25, 0.3) is 0 Å². The summed E-state index contributed by atoms with van der Waals surface area (Å²) in [7, 11) is 0. The minimum Gasteiger partial charge on any atom is -0.359 e. The van der Waals surface area contributed by atoms with Crippen molar-refractivity contribution in [1.29, 1.82) is 0 Å². The van der Waals surface area contributed by atoms with E-state index in [9.17, 15) is 4.39 Å². The molecule has 1 aromatic carbocycles. The predicted octanol–water partition coefficient (Wildman–Crippen LogP) is 4.79. The highest BCUT2D eigenvalue weighted by Crippen LogP contribution is 2.38. The van der Waals surface area contributed by atoms with Gasteiger partial charge in [-0.15, -0.1) is 23.7 Å². The van der Waals surface area contributed by atoms with Crippen molar-refractivity contribution in [2.45, 2.75) is 51.0 Å². The molecule has 2 aliphatic carbocycles. The van der Waals surface area contributed by atoms with Crippen molar-refractivity contribution < 1.29 is 4.39 Å². The number of fused-ring (bicyclic) bond motifs is 3. The highest BCUT2D eigenvalue weighted by molar-refractivity contribution is 7.16. The Bertz CT molecular complexity index is 725. The molecule has 6 heteroatoms. The standard InChI is InChI=1S/C19H24FN3S.ClH/c20-14-7-6-13-2-1-3-17-18(16(13)10-14)23-19(24-17)22-15-8-4-12(11-21)5-9-15;/h6-7,10,12,15H,1-5,8-9,11,21H2,(H,22,23);1H/t12-,15-;. The topological polar surface area (TPSA) is 50.9 Å². The van der Waals surface area contributed by atoms with Crippen LogP contribution in [0.5, 0.6) is 0 Å². The van der Waals surface area contributed by atoms with Gasteiger partial charge in [-0.2, -0.15) is 0 Å². The van der Waals surface area contributed by atoms with E-state index in [-0.39, 0.29) is 18.2 Å². The van der Waals surface area contributed by atoms with Crippen molar-refractivity contribution in [2.24, 2.45) is 11.7 Å². The molecule has 0 aliphatic heterocycles. The van der Waals surface area contributed by atoms with Crippen LogP contribution in [-0.4, -0.2) is 17.6 Å². The van der Waals surface area contributed by atoms with Gasteiger partial charge in [-0.3, -0.25) is 0 Å². The lowest BCUT2D eigenvalue weighted by Gasteiger charge is -2.28. The fourth-order valence-electron chi connectivity index (χ4n) is 3.94. The molecule has 1 heterocycles. The van der Waals surface area contributed by atoms with E-state index in [0.29, 0.717) is 12.0 Å². The number of halogens is 2. The molecule has 0 radical (unpaired) electrons. The summed E-state index contributed by atoms with van der Waals surface area (Å²) in [5.41, 5.74) is 8.97. The van der Waals surface area contributed by atoms with Crippen LogP contribution in [0.1, 0.15) is 42.5 Å². The highest BCUT2D eigenvalue weighted by atomic mass is 35.5. The summed E-state index contributed by atoms with van der Waals surface area (Å²) in [6.45, 7) is 0.806. The van der Waals surface area contributed by atoms with Crippen LogP contribution in [0.15, 0.2) is 18.2 Å². The molecule has 0 amide bonds. The van der Waals surface area contributed by atoms with E-state index >= 15 is 0 Å². The average molecular weight is 382 g/mol. The molecule has 0 bridgehead atoms. The first-order valence-electron chi connectivity index (χ1n) is 8.98.